The average molecular weight is 409 g/mol. The largest absolute Gasteiger partial charge is 0.495 e. The first-order valence-electron chi connectivity index (χ1n) is 9.25. The zero-order valence-electron chi connectivity index (χ0n) is 16.9. The number of nitrogens with zero attached hydrogens (tertiary/aromatic N) is 3. The standard InChI is InChI=1S/C21H23N5O4/c1-13(12-27)23-21-25-16(15-6-4-5-9-22-15)11-19(26-21)24-17-10-14(20(28)30-3)7-8-18(17)29-2/h4-11,13,27H,12H2,1-3H3,(H2,23,24,25,26)/t13-/m0/s1. The lowest BCUT2D eigenvalue weighted by molar-refractivity contribution is 0.0600. The summed E-state index contributed by atoms with van der Waals surface area (Å²) in [5.41, 5.74) is 2.15. The number of benzene rings is 1. The monoisotopic (exact) mass is 409 g/mol. The topological polar surface area (TPSA) is 118 Å². The number of ether oxygens (including phenoxy) is 2. The number of aromatic nitrogens is 3. The van der Waals surface area contributed by atoms with E-state index in [2.05, 4.69) is 25.6 Å². The number of rotatable bonds is 8. The molecule has 3 rings (SSSR count). The molecule has 2 heterocycles. The fraction of sp³-hybridized carbons (Fsp3) is 0.238. The molecule has 0 unspecified atom stereocenters. The van der Waals surface area contributed by atoms with E-state index in [1.165, 1.54) is 14.2 Å². The van der Waals surface area contributed by atoms with Gasteiger partial charge in [0.1, 0.15) is 11.6 Å². The quantitative estimate of drug-likeness (QED) is 0.483. The summed E-state index contributed by atoms with van der Waals surface area (Å²) >= 11 is 0. The number of hydrogen-bond donors (Lipinski definition) is 3. The van der Waals surface area contributed by atoms with Crippen molar-refractivity contribution >= 4 is 23.4 Å². The van der Waals surface area contributed by atoms with E-state index < -0.39 is 5.97 Å². The predicted octanol–water partition coefficient (Wildman–Crippen LogP) is 2.87. The Labute approximate surface area is 174 Å². The number of methoxy groups -OCH3 is 2. The molecule has 0 radical (unpaired) electrons. The highest BCUT2D eigenvalue weighted by atomic mass is 16.5. The molecule has 30 heavy (non-hydrogen) atoms. The van der Waals surface area contributed by atoms with Crippen LogP contribution in [0.3, 0.4) is 0 Å². The first-order chi connectivity index (χ1) is 14.5. The summed E-state index contributed by atoms with van der Waals surface area (Å²) in [5.74, 6) is 0.847. The fourth-order valence-corrected chi connectivity index (χ4v) is 2.68. The van der Waals surface area contributed by atoms with Crippen molar-refractivity contribution < 1.29 is 19.4 Å². The normalized spacial score (nSPS) is 11.5. The highest BCUT2D eigenvalue weighted by molar-refractivity contribution is 5.91. The minimum Gasteiger partial charge on any atom is -0.495 e. The summed E-state index contributed by atoms with van der Waals surface area (Å²) in [7, 11) is 2.86. The summed E-state index contributed by atoms with van der Waals surface area (Å²) in [5, 5.41) is 15.6. The van der Waals surface area contributed by atoms with Crippen molar-refractivity contribution in [2.45, 2.75) is 13.0 Å². The minimum absolute atomic E-state index is 0.0745. The van der Waals surface area contributed by atoms with Crippen molar-refractivity contribution in [3.05, 3.63) is 54.2 Å². The number of hydrogen-bond acceptors (Lipinski definition) is 9. The van der Waals surface area contributed by atoms with Gasteiger partial charge in [-0.1, -0.05) is 6.07 Å². The van der Waals surface area contributed by atoms with Crippen molar-refractivity contribution in [2.24, 2.45) is 0 Å². The maximum Gasteiger partial charge on any atom is 0.337 e. The van der Waals surface area contributed by atoms with Crippen LogP contribution < -0.4 is 15.4 Å². The molecule has 0 saturated heterocycles. The lowest BCUT2D eigenvalue weighted by Crippen LogP contribution is -2.21. The summed E-state index contributed by atoms with van der Waals surface area (Å²) < 4.78 is 10.2. The lowest BCUT2D eigenvalue weighted by Gasteiger charge is -2.15. The number of nitrogens with one attached hydrogen (secondary N) is 2. The number of aliphatic hydroxyl groups excluding tert-OH is 1. The summed E-state index contributed by atoms with van der Waals surface area (Å²) in [6, 6.07) is 11.9. The van der Waals surface area contributed by atoms with Gasteiger partial charge in [-0.25, -0.2) is 9.78 Å². The maximum absolute atomic E-state index is 11.9. The second-order valence-corrected chi connectivity index (χ2v) is 6.44. The molecule has 156 valence electrons. The molecule has 9 nitrogen and oxygen atoms in total. The molecule has 2 aromatic heterocycles. The van der Waals surface area contributed by atoms with Crippen molar-refractivity contribution in [2.75, 3.05) is 31.5 Å². The van der Waals surface area contributed by atoms with Crippen LogP contribution in [0.1, 0.15) is 17.3 Å². The van der Waals surface area contributed by atoms with Crippen LogP contribution >= 0.6 is 0 Å². The number of esters is 1. The molecular weight excluding hydrogens is 386 g/mol. The van der Waals surface area contributed by atoms with Crippen molar-refractivity contribution in [3.8, 4) is 17.1 Å². The van der Waals surface area contributed by atoms with Gasteiger partial charge in [0, 0.05) is 18.3 Å². The Kier molecular flexibility index (Phi) is 6.76. The molecule has 3 N–H and O–H groups in total. The Bertz CT molecular complexity index is 1010. The van der Waals surface area contributed by atoms with Crippen LogP contribution in [0.4, 0.5) is 17.5 Å². The van der Waals surface area contributed by atoms with Crippen LogP contribution in [0.25, 0.3) is 11.4 Å². The van der Waals surface area contributed by atoms with Gasteiger partial charge in [0.05, 0.1) is 43.5 Å². The maximum atomic E-state index is 11.9. The number of aliphatic hydroxyl groups is 1. The molecule has 0 fully saturated rings. The van der Waals surface area contributed by atoms with Crippen molar-refractivity contribution in [3.63, 3.8) is 0 Å². The third-order valence-corrected chi connectivity index (χ3v) is 4.19. The van der Waals surface area contributed by atoms with Gasteiger partial charge in [0.2, 0.25) is 5.95 Å². The molecule has 1 aromatic carbocycles. The third-order valence-electron chi connectivity index (χ3n) is 4.19. The minimum atomic E-state index is -0.461. The van der Waals surface area contributed by atoms with Gasteiger partial charge in [0.25, 0.3) is 0 Å². The highest BCUT2D eigenvalue weighted by Gasteiger charge is 2.14. The van der Waals surface area contributed by atoms with E-state index in [9.17, 15) is 9.90 Å². The molecule has 0 aliphatic heterocycles. The smallest absolute Gasteiger partial charge is 0.337 e. The van der Waals surface area contributed by atoms with E-state index >= 15 is 0 Å². The van der Waals surface area contributed by atoms with E-state index in [-0.39, 0.29) is 12.6 Å². The van der Waals surface area contributed by atoms with E-state index in [4.69, 9.17) is 9.47 Å². The molecule has 1 atom stereocenters. The third kappa shape index (κ3) is 5.00. The zero-order chi connectivity index (χ0) is 21.5. The molecular formula is C21H23N5O4. The summed E-state index contributed by atoms with van der Waals surface area (Å²) in [4.78, 5) is 25.2. The van der Waals surface area contributed by atoms with Crippen LogP contribution in [-0.4, -0.2) is 52.9 Å². The van der Waals surface area contributed by atoms with E-state index in [0.717, 1.165) is 0 Å². The van der Waals surface area contributed by atoms with Crippen LogP contribution in [0.2, 0.25) is 0 Å². The second-order valence-electron chi connectivity index (χ2n) is 6.44. The molecule has 0 amide bonds. The molecule has 9 heteroatoms. The zero-order valence-corrected chi connectivity index (χ0v) is 16.9. The predicted molar refractivity (Wildman–Crippen MR) is 113 cm³/mol. The van der Waals surface area contributed by atoms with Gasteiger partial charge in [-0.3, -0.25) is 4.98 Å². The first kappa shape index (κ1) is 21.0. The van der Waals surface area contributed by atoms with Crippen LogP contribution in [-0.2, 0) is 4.74 Å². The van der Waals surface area contributed by atoms with Crippen LogP contribution in [0.5, 0.6) is 5.75 Å². The molecule has 0 saturated carbocycles. The van der Waals surface area contributed by atoms with Crippen molar-refractivity contribution in [1.82, 2.24) is 15.0 Å². The summed E-state index contributed by atoms with van der Waals surface area (Å²) in [6.07, 6.45) is 1.68. The van der Waals surface area contributed by atoms with Gasteiger partial charge < -0.3 is 25.2 Å². The fourth-order valence-electron chi connectivity index (χ4n) is 2.68. The van der Waals surface area contributed by atoms with E-state index in [1.807, 2.05) is 25.1 Å². The van der Waals surface area contributed by atoms with Gasteiger partial charge in [-0.2, -0.15) is 4.98 Å². The Hall–Kier alpha value is -3.72. The van der Waals surface area contributed by atoms with Gasteiger partial charge in [0.15, 0.2) is 0 Å². The molecule has 0 bridgehead atoms. The van der Waals surface area contributed by atoms with Crippen molar-refractivity contribution in [1.29, 1.82) is 0 Å². The molecule has 0 spiro atoms. The van der Waals surface area contributed by atoms with Gasteiger partial charge >= 0.3 is 5.97 Å². The van der Waals surface area contributed by atoms with Gasteiger partial charge in [-0.15, -0.1) is 0 Å². The number of carbonyl (C=O) groups is 1. The average Bonchev–Trinajstić information content (AvgIpc) is 2.78. The van der Waals surface area contributed by atoms with E-state index in [0.29, 0.717) is 40.2 Å². The Morgan fingerprint density at radius 3 is 2.63 bits per heavy atom. The first-order valence-corrected chi connectivity index (χ1v) is 9.25. The molecule has 0 aliphatic carbocycles. The lowest BCUT2D eigenvalue weighted by atomic mass is 10.2. The van der Waals surface area contributed by atoms with Crippen LogP contribution in [0, 0.1) is 0 Å². The molecule has 0 aliphatic rings. The van der Waals surface area contributed by atoms with E-state index in [1.54, 1.807) is 30.5 Å². The SMILES string of the molecule is COC(=O)c1ccc(OC)c(Nc2cc(-c3ccccn3)nc(N[C@@H](C)CO)n2)c1. The number of anilines is 3. The Morgan fingerprint density at radius 2 is 1.97 bits per heavy atom. The van der Waals surface area contributed by atoms with Gasteiger partial charge in [-0.05, 0) is 37.3 Å². The molecule has 3 aromatic rings. The second kappa shape index (κ2) is 9.66. The summed E-state index contributed by atoms with van der Waals surface area (Å²) in [6.45, 7) is 1.74. The Morgan fingerprint density at radius 1 is 1.13 bits per heavy atom. The number of carbonyl (C=O) groups excluding carboxylic acids is 1. The van der Waals surface area contributed by atoms with Crippen LogP contribution in [0.15, 0.2) is 48.7 Å². The highest BCUT2D eigenvalue weighted by Crippen LogP contribution is 2.30. The Balaban J connectivity index is 2.02. The number of pyridine rings is 1.